The van der Waals surface area contributed by atoms with E-state index in [-0.39, 0.29) is 5.91 Å². The van der Waals surface area contributed by atoms with E-state index in [1.54, 1.807) is 0 Å². The largest absolute Gasteiger partial charge is 0.461 e. The summed E-state index contributed by atoms with van der Waals surface area (Å²) in [4.78, 5) is 16.7. The summed E-state index contributed by atoms with van der Waals surface area (Å²) in [6, 6.07) is 5.04. The number of piperidine rings is 1. The molecule has 0 saturated carbocycles. The van der Waals surface area contributed by atoms with Crippen molar-refractivity contribution >= 4 is 11.7 Å². The van der Waals surface area contributed by atoms with Crippen LogP contribution in [0.1, 0.15) is 18.4 Å². The number of aliphatic imine (C=N–C) groups is 1. The summed E-state index contributed by atoms with van der Waals surface area (Å²) in [6.07, 6.45) is -7.33. The predicted molar refractivity (Wildman–Crippen MR) is 77.5 cm³/mol. The lowest BCUT2D eigenvalue weighted by molar-refractivity contribution is -0.253. The molecule has 0 aromatic heterocycles. The lowest BCUT2D eigenvalue weighted by Gasteiger charge is -2.28. The molecule has 5 nitrogen and oxygen atoms in total. The van der Waals surface area contributed by atoms with Gasteiger partial charge in [-0.3, -0.25) is 9.79 Å². The molecule has 1 saturated heterocycles. The Bertz CT molecular complexity index is 655. The van der Waals surface area contributed by atoms with Crippen LogP contribution in [0.5, 0.6) is 5.75 Å². The minimum absolute atomic E-state index is 0.191. The number of hydrogen-bond acceptors (Lipinski definition) is 4. The van der Waals surface area contributed by atoms with E-state index in [0.29, 0.717) is 37.3 Å². The van der Waals surface area contributed by atoms with Crippen LogP contribution >= 0.6 is 0 Å². The molecule has 1 aromatic carbocycles. The first kappa shape index (κ1) is 16.7. The van der Waals surface area contributed by atoms with Gasteiger partial charge in [0, 0.05) is 5.56 Å². The van der Waals surface area contributed by atoms with Gasteiger partial charge in [0.2, 0.25) is 0 Å². The molecule has 0 radical (unpaired) electrons. The van der Waals surface area contributed by atoms with Crippen LogP contribution in [0.25, 0.3) is 0 Å². The van der Waals surface area contributed by atoms with Gasteiger partial charge in [0.1, 0.15) is 17.1 Å². The monoisotopic (exact) mass is 345 g/mol. The minimum atomic E-state index is -4.56. The summed E-state index contributed by atoms with van der Waals surface area (Å²) < 4.78 is 54.0. The number of nitrogens with zero attached hydrogens (tertiary/aromatic N) is 1. The topological polar surface area (TPSA) is 62.7 Å². The van der Waals surface area contributed by atoms with Crippen molar-refractivity contribution in [3.8, 4) is 5.75 Å². The van der Waals surface area contributed by atoms with Crippen LogP contribution in [0, 0.1) is 0 Å². The van der Waals surface area contributed by atoms with E-state index < -0.39 is 23.8 Å². The van der Waals surface area contributed by atoms with Crippen molar-refractivity contribution in [2.24, 2.45) is 4.99 Å². The summed E-state index contributed by atoms with van der Waals surface area (Å²) >= 11 is 0. The summed E-state index contributed by atoms with van der Waals surface area (Å²) in [5, 5.41) is 5.84. The van der Waals surface area contributed by atoms with Crippen LogP contribution < -0.4 is 15.4 Å². The number of carbonyl (C=O) groups is 1. The number of amidine groups is 1. The number of hydrogen-bond donors (Lipinski definition) is 2. The Balaban J connectivity index is 1.77. The van der Waals surface area contributed by atoms with Gasteiger partial charge in [0.25, 0.3) is 5.91 Å². The van der Waals surface area contributed by atoms with Crippen molar-refractivity contribution in [2.75, 3.05) is 13.1 Å². The molecule has 0 bridgehead atoms. The van der Waals surface area contributed by atoms with Crippen LogP contribution in [-0.4, -0.2) is 42.9 Å². The predicted octanol–water partition coefficient (Wildman–Crippen LogP) is 1.92. The first-order valence-corrected chi connectivity index (χ1v) is 7.40. The number of benzene rings is 1. The third-order valence-electron chi connectivity index (χ3n) is 4.05. The molecule has 0 atom stereocenters. The van der Waals surface area contributed by atoms with Crippen molar-refractivity contribution in [1.29, 1.82) is 0 Å². The summed E-state index contributed by atoms with van der Waals surface area (Å²) in [7, 11) is 0. The van der Waals surface area contributed by atoms with Crippen molar-refractivity contribution in [3.63, 3.8) is 0 Å². The van der Waals surface area contributed by atoms with Gasteiger partial charge < -0.3 is 15.4 Å². The van der Waals surface area contributed by atoms with Gasteiger partial charge >= 0.3 is 12.5 Å². The maximum atomic E-state index is 12.9. The van der Waals surface area contributed by atoms with E-state index in [9.17, 15) is 22.4 Å². The fourth-order valence-corrected chi connectivity index (χ4v) is 2.72. The normalized spacial score (nSPS) is 20.2. The first-order chi connectivity index (χ1) is 11.3. The zero-order valence-electron chi connectivity index (χ0n) is 12.5. The number of rotatable bonds is 4. The Hall–Kier alpha value is -2.16. The third-order valence-corrected chi connectivity index (χ3v) is 4.05. The van der Waals surface area contributed by atoms with Crippen molar-refractivity contribution in [3.05, 3.63) is 29.8 Å². The quantitative estimate of drug-likeness (QED) is 0.820. The number of carbonyl (C=O) groups excluding carboxylic acids is 1. The van der Waals surface area contributed by atoms with Gasteiger partial charge in [-0.05, 0) is 50.2 Å². The second-order valence-corrected chi connectivity index (χ2v) is 5.69. The molecule has 1 fully saturated rings. The highest BCUT2D eigenvalue weighted by Crippen LogP contribution is 2.30. The molecular formula is C15H15F4N3O2. The van der Waals surface area contributed by atoms with Crippen LogP contribution in [-0.2, 0) is 4.79 Å². The smallest absolute Gasteiger partial charge is 0.428 e. The van der Waals surface area contributed by atoms with Crippen LogP contribution in [0.15, 0.2) is 29.3 Å². The molecule has 1 amide bonds. The average molecular weight is 345 g/mol. The highest BCUT2D eigenvalue weighted by molar-refractivity contribution is 6.15. The molecule has 0 aliphatic carbocycles. The molecule has 130 valence electrons. The molecule has 1 aromatic rings. The standard InChI is InChI=1S/C15H15F4N3O2/c16-12(17)15(18,19)24-10-3-1-9(2-4-10)11-21-13(23)14(22-11)5-7-20-8-6-14/h1-4,12,20H,5-8H2,(H,21,22,23). The lowest BCUT2D eigenvalue weighted by Crippen LogP contribution is -2.47. The summed E-state index contributed by atoms with van der Waals surface area (Å²) in [5.74, 6) is -0.247. The molecular weight excluding hydrogens is 330 g/mol. The number of ether oxygens (including phenoxy) is 1. The average Bonchev–Trinajstić information content (AvgIpc) is 2.85. The lowest BCUT2D eigenvalue weighted by atomic mass is 9.89. The molecule has 2 N–H and O–H groups in total. The van der Waals surface area contributed by atoms with E-state index in [2.05, 4.69) is 20.4 Å². The van der Waals surface area contributed by atoms with Crippen LogP contribution in [0.3, 0.4) is 0 Å². The Morgan fingerprint density at radius 3 is 2.38 bits per heavy atom. The molecule has 24 heavy (non-hydrogen) atoms. The van der Waals surface area contributed by atoms with E-state index in [0.717, 1.165) is 12.1 Å². The third kappa shape index (κ3) is 3.08. The molecule has 2 aliphatic heterocycles. The highest BCUT2D eigenvalue weighted by atomic mass is 19.3. The summed E-state index contributed by atoms with van der Waals surface area (Å²) in [5.41, 5.74) is -0.301. The Labute approximate surface area is 135 Å². The molecule has 1 spiro atoms. The van der Waals surface area contributed by atoms with Gasteiger partial charge in [-0.1, -0.05) is 0 Å². The molecule has 0 unspecified atom stereocenters. The zero-order valence-corrected chi connectivity index (χ0v) is 12.5. The molecule has 3 rings (SSSR count). The van der Waals surface area contributed by atoms with E-state index in [1.807, 2.05) is 0 Å². The number of nitrogens with one attached hydrogen (secondary N) is 2. The van der Waals surface area contributed by atoms with Gasteiger partial charge in [-0.15, -0.1) is 0 Å². The summed E-state index contributed by atoms with van der Waals surface area (Å²) in [6.45, 7) is 1.36. The Morgan fingerprint density at radius 1 is 1.17 bits per heavy atom. The fourth-order valence-electron chi connectivity index (χ4n) is 2.72. The molecule has 2 aliphatic rings. The number of halogens is 4. The number of amides is 1. The van der Waals surface area contributed by atoms with Crippen LogP contribution in [0.4, 0.5) is 17.6 Å². The Morgan fingerprint density at radius 2 is 1.79 bits per heavy atom. The first-order valence-electron chi connectivity index (χ1n) is 7.40. The second kappa shape index (κ2) is 6.04. The van der Waals surface area contributed by atoms with E-state index >= 15 is 0 Å². The zero-order chi connectivity index (χ0) is 17.4. The Kier molecular flexibility index (Phi) is 4.20. The van der Waals surface area contributed by atoms with Gasteiger partial charge in [0.15, 0.2) is 0 Å². The molecule has 2 heterocycles. The molecule has 9 heteroatoms. The maximum absolute atomic E-state index is 12.9. The van der Waals surface area contributed by atoms with Crippen molar-refractivity contribution < 1.29 is 27.1 Å². The highest BCUT2D eigenvalue weighted by Gasteiger charge is 2.45. The van der Waals surface area contributed by atoms with Crippen LogP contribution in [0.2, 0.25) is 0 Å². The fraction of sp³-hybridized carbons (Fsp3) is 0.467. The second-order valence-electron chi connectivity index (χ2n) is 5.69. The van der Waals surface area contributed by atoms with Gasteiger partial charge in [-0.2, -0.15) is 17.6 Å². The maximum Gasteiger partial charge on any atom is 0.461 e. The van der Waals surface area contributed by atoms with Crippen molar-refractivity contribution in [1.82, 2.24) is 10.6 Å². The number of alkyl halides is 4. The van der Waals surface area contributed by atoms with E-state index in [4.69, 9.17) is 0 Å². The van der Waals surface area contributed by atoms with Gasteiger partial charge in [0.05, 0.1) is 0 Å². The van der Waals surface area contributed by atoms with Crippen molar-refractivity contribution in [2.45, 2.75) is 30.9 Å². The van der Waals surface area contributed by atoms with Gasteiger partial charge in [-0.25, -0.2) is 0 Å². The SMILES string of the molecule is O=C1NC(c2ccc(OC(F)(F)C(F)F)cc2)=NC12CCNCC2. The minimum Gasteiger partial charge on any atom is -0.428 e. The van der Waals surface area contributed by atoms with E-state index in [1.165, 1.54) is 12.1 Å².